The zero-order chi connectivity index (χ0) is 15.7. The van der Waals surface area contributed by atoms with E-state index in [0.29, 0.717) is 25.0 Å². The van der Waals surface area contributed by atoms with Crippen molar-refractivity contribution in [2.45, 2.75) is 38.8 Å². The van der Waals surface area contributed by atoms with Gasteiger partial charge in [0, 0.05) is 12.6 Å². The van der Waals surface area contributed by atoms with Crippen molar-refractivity contribution in [3.8, 4) is 0 Å². The van der Waals surface area contributed by atoms with Gasteiger partial charge in [0.05, 0.1) is 17.5 Å². The molecule has 5 heteroatoms. The number of fused-ring (bicyclic) bond motifs is 2. The summed E-state index contributed by atoms with van der Waals surface area (Å²) in [4.78, 5) is 12.2. The maximum Gasteiger partial charge on any atom is 0.310 e. The number of rotatable bonds is 5. The van der Waals surface area contributed by atoms with E-state index in [-0.39, 0.29) is 23.0 Å². The average molecular weight is 326 g/mol. The van der Waals surface area contributed by atoms with Gasteiger partial charge < -0.3 is 10.1 Å². The fourth-order valence-corrected chi connectivity index (χ4v) is 4.25. The van der Waals surface area contributed by atoms with Crippen LogP contribution in [-0.2, 0) is 16.1 Å². The summed E-state index contributed by atoms with van der Waals surface area (Å²) in [6, 6.07) is 4.89. The minimum atomic E-state index is -0.408. The first-order valence-electron chi connectivity index (χ1n) is 7.94. The molecule has 0 aromatic heterocycles. The molecule has 0 heterocycles. The molecule has 1 N–H and O–H groups in total. The lowest BCUT2D eigenvalue weighted by Gasteiger charge is -2.30. The van der Waals surface area contributed by atoms with Gasteiger partial charge in [0.2, 0.25) is 0 Å². The summed E-state index contributed by atoms with van der Waals surface area (Å²) >= 11 is 5.82. The number of benzene rings is 1. The summed E-state index contributed by atoms with van der Waals surface area (Å²) in [5.74, 6) is 0.447. The molecule has 0 radical (unpaired) electrons. The Hall–Kier alpha value is -1.13. The molecule has 1 aromatic rings. The molecule has 0 saturated heterocycles. The van der Waals surface area contributed by atoms with E-state index >= 15 is 0 Å². The van der Waals surface area contributed by atoms with E-state index in [0.717, 1.165) is 18.4 Å². The van der Waals surface area contributed by atoms with Crippen LogP contribution in [0.1, 0.15) is 31.7 Å². The largest absolute Gasteiger partial charge is 0.466 e. The minimum Gasteiger partial charge on any atom is -0.466 e. The molecule has 3 rings (SSSR count). The summed E-state index contributed by atoms with van der Waals surface area (Å²) < 4.78 is 18.4. The van der Waals surface area contributed by atoms with Crippen LogP contribution >= 0.6 is 11.6 Å². The standard InChI is InChI=1S/C17H21ClFNO2/c1-2-22-17(21)15-11-4-5-12(8-11)16(15)20-9-10-3-6-14(19)13(18)7-10/h3,6-7,11-12,15-16,20H,2,4-5,8-9H2,1H3/t11?,12-,15-,16+/m1/s1. The van der Waals surface area contributed by atoms with Crippen molar-refractivity contribution in [1.82, 2.24) is 5.32 Å². The first-order chi connectivity index (χ1) is 10.6. The quantitative estimate of drug-likeness (QED) is 0.841. The van der Waals surface area contributed by atoms with Crippen LogP contribution in [0.5, 0.6) is 0 Å². The zero-order valence-electron chi connectivity index (χ0n) is 12.6. The molecular weight excluding hydrogens is 305 g/mol. The van der Waals surface area contributed by atoms with Gasteiger partial charge in [0.1, 0.15) is 5.82 Å². The van der Waals surface area contributed by atoms with Crippen molar-refractivity contribution in [2.24, 2.45) is 17.8 Å². The predicted octanol–water partition coefficient (Wildman–Crippen LogP) is 3.55. The van der Waals surface area contributed by atoms with Crippen LogP contribution < -0.4 is 5.32 Å². The van der Waals surface area contributed by atoms with Crippen molar-refractivity contribution in [1.29, 1.82) is 0 Å². The van der Waals surface area contributed by atoms with Crippen LogP contribution in [0.15, 0.2) is 18.2 Å². The summed E-state index contributed by atoms with van der Waals surface area (Å²) in [6.07, 6.45) is 3.39. The highest BCUT2D eigenvalue weighted by Gasteiger charge is 2.51. The molecule has 0 amide bonds. The van der Waals surface area contributed by atoms with Crippen molar-refractivity contribution in [2.75, 3.05) is 6.61 Å². The Morgan fingerprint density at radius 2 is 2.18 bits per heavy atom. The normalized spacial score (nSPS) is 29.8. The smallest absolute Gasteiger partial charge is 0.310 e. The maximum absolute atomic E-state index is 13.2. The molecule has 2 aliphatic rings. The number of nitrogens with one attached hydrogen (secondary N) is 1. The van der Waals surface area contributed by atoms with E-state index in [2.05, 4.69) is 5.32 Å². The molecule has 2 bridgehead atoms. The fourth-order valence-electron chi connectivity index (χ4n) is 4.05. The summed E-state index contributed by atoms with van der Waals surface area (Å²) in [5, 5.41) is 3.62. The van der Waals surface area contributed by atoms with Crippen LogP contribution in [0.3, 0.4) is 0 Å². The molecular formula is C17H21ClFNO2. The molecule has 0 aliphatic heterocycles. The Labute approximate surface area is 135 Å². The Bertz CT molecular complexity index is 566. The molecule has 1 aromatic carbocycles. The van der Waals surface area contributed by atoms with Crippen LogP contribution in [0.25, 0.3) is 0 Å². The van der Waals surface area contributed by atoms with E-state index in [1.807, 2.05) is 6.92 Å². The highest BCUT2D eigenvalue weighted by atomic mass is 35.5. The monoisotopic (exact) mass is 325 g/mol. The van der Waals surface area contributed by atoms with Crippen molar-refractivity contribution < 1.29 is 13.9 Å². The van der Waals surface area contributed by atoms with Gasteiger partial charge in [-0.1, -0.05) is 17.7 Å². The third-order valence-electron chi connectivity index (χ3n) is 5.00. The van der Waals surface area contributed by atoms with Gasteiger partial charge in [-0.05, 0) is 55.7 Å². The molecule has 4 atom stereocenters. The lowest BCUT2D eigenvalue weighted by atomic mass is 9.84. The van der Waals surface area contributed by atoms with Crippen molar-refractivity contribution in [3.63, 3.8) is 0 Å². The summed E-state index contributed by atoms with van der Waals surface area (Å²) in [7, 11) is 0. The van der Waals surface area contributed by atoms with Crippen LogP contribution in [-0.4, -0.2) is 18.6 Å². The van der Waals surface area contributed by atoms with E-state index in [1.54, 1.807) is 12.1 Å². The molecule has 1 unspecified atom stereocenters. The molecule has 3 nitrogen and oxygen atoms in total. The lowest BCUT2D eigenvalue weighted by molar-refractivity contribution is -0.150. The number of halogens is 2. The van der Waals surface area contributed by atoms with E-state index in [4.69, 9.17) is 16.3 Å². The van der Waals surface area contributed by atoms with Gasteiger partial charge in [-0.3, -0.25) is 4.79 Å². The van der Waals surface area contributed by atoms with Crippen molar-refractivity contribution in [3.05, 3.63) is 34.6 Å². The maximum atomic E-state index is 13.2. The minimum absolute atomic E-state index is 0.0466. The Morgan fingerprint density at radius 3 is 2.91 bits per heavy atom. The third-order valence-corrected chi connectivity index (χ3v) is 5.29. The highest BCUT2D eigenvalue weighted by Crippen LogP contribution is 2.49. The average Bonchev–Trinajstić information content (AvgIpc) is 3.09. The van der Waals surface area contributed by atoms with E-state index in [9.17, 15) is 9.18 Å². The number of hydrogen-bond acceptors (Lipinski definition) is 3. The topological polar surface area (TPSA) is 38.3 Å². The second-order valence-corrected chi connectivity index (χ2v) is 6.67. The van der Waals surface area contributed by atoms with E-state index in [1.165, 1.54) is 12.5 Å². The fraction of sp³-hybridized carbons (Fsp3) is 0.588. The third kappa shape index (κ3) is 2.99. The number of hydrogen-bond donors (Lipinski definition) is 1. The molecule has 2 aliphatic carbocycles. The van der Waals surface area contributed by atoms with E-state index < -0.39 is 5.82 Å². The Kier molecular flexibility index (Phi) is 4.69. The van der Waals surface area contributed by atoms with Crippen LogP contribution in [0.4, 0.5) is 4.39 Å². The zero-order valence-corrected chi connectivity index (χ0v) is 13.4. The first kappa shape index (κ1) is 15.8. The number of carbonyl (C=O) groups is 1. The molecule has 2 fully saturated rings. The van der Waals surface area contributed by atoms with Gasteiger partial charge in [-0.15, -0.1) is 0 Å². The number of ether oxygens (including phenoxy) is 1. The van der Waals surface area contributed by atoms with Crippen LogP contribution in [0.2, 0.25) is 5.02 Å². The summed E-state index contributed by atoms with van der Waals surface area (Å²) in [6.45, 7) is 2.85. The van der Waals surface area contributed by atoms with Crippen molar-refractivity contribution >= 4 is 17.6 Å². The SMILES string of the molecule is CCOC(=O)[C@@H]1C2CC[C@H](C2)[C@@H]1NCc1ccc(F)c(Cl)c1. The van der Waals surface area contributed by atoms with Gasteiger partial charge in [-0.2, -0.15) is 0 Å². The van der Waals surface area contributed by atoms with Crippen LogP contribution in [0, 0.1) is 23.6 Å². The predicted molar refractivity (Wildman–Crippen MR) is 83.0 cm³/mol. The second-order valence-electron chi connectivity index (χ2n) is 6.27. The van der Waals surface area contributed by atoms with Gasteiger partial charge in [0.25, 0.3) is 0 Å². The number of esters is 1. The van der Waals surface area contributed by atoms with Gasteiger partial charge in [-0.25, -0.2) is 4.39 Å². The highest BCUT2D eigenvalue weighted by molar-refractivity contribution is 6.30. The van der Waals surface area contributed by atoms with Gasteiger partial charge >= 0.3 is 5.97 Å². The Morgan fingerprint density at radius 1 is 1.41 bits per heavy atom. The lowest BCUT2D eigenvalue weighted by Crippen LogP contribution is -2.44. The first-order valence-corrected chi connectivity index (χ1v) is 8.32. The molecule has 22 heavy (non-hydrogen) atoms. The molecule has 2 saturated carbocycles. The Balaban J connectivity index is 1.67. The molecule has 0 spiro atoms. The van der Waals surface area contributed by atoms with Gasteiger partial charge in [0.15, 0.2) is 0 Å². The summed E-state index contributed by atoms with van der Waals surface area (Å²) in [5.41, 5.74) is 0.928. The second kappa shape index (κ2) is 6.55. The number of carbonyl (C=O) groups excluding carboxylic acids is 1. The molecule has 120 valence electrons.